The Morgan fingerprint density at radius 2 is 1.95 bits per heavy atom. The highest BCUT2D eigenvalue weighted by atomic mass is 35.5. The van der Waals surface area contributed by atoms with Gasteiger partial charge in [0.25, 0.3) is 0 Å². The molecule has 2 aromatic rings. The third-order valence-electron chi connectivity index (χ3n) is 3.23. The summed E-state index contributed by atoms with van der Waals surface area (Å²) in [6, 6.07) is 9.56. The molecule has 0 aliphatic carbocycles. The van der Waals surface area contributed by atoms with Crippen molar-refractivity contribution in [2.24, 2.45) is 0 Å². The van der Waals surface area contributed by atoms with E-state index in [1.165, 1.54) is 24.3 Å². The number of carboxylic acid groups (broad SMARTS) is 1. The summed E-state index contributed by atoms with van der Waals surface area (Å²) in [7, 11) is 1.56. The number of ether oxygens (including phenoxy) is 1. The van der Waals surface area contributed by atoms with E-state index in [2.05, 4.69) is 0 Å². The van der Waals surface area contributed by atoms with E-state index in [4.69, 9.17) is 16.3 Å². The molecule has 5 heteroatoms. The van der Waals surface area contributed by atoms with Crippen LogP contribution in [0.3, 0.4) is 0 Å². The van der Waals surface area contributed by atoms with Crippen molar-refractivity contribution in [2.75, 3.05) is 7.11 Å². The smallest absolute Gasteiger partial charge is 0.336 e. The van der Waals surface area contributed by atoms with Crippen LogP contribution in [-0.4, -0.2) is 23.3 Å². The summed E-state index contributed by atoms with van der Waals surface area (Å²) in [6.45, 7) is 1.83. The molecule has 0 aromatic heterocycles. The van der Waals surface area contributed by atoms with E-state index >= 15 is 0 Å². The lowest BCUT2D eigenvalue weighted by molar-refractivity contribution is -0.130. The highest BCUT2D eigenvalue weighted by molar-refractivity contribution is 6.31. The van der Waals surface area contributed by atoms with Crippen LogP contribution in [0.15, 0.2) is 36.4 Å². The maximum Gasteiger partial charge on any atom is 0.336 e. The molecule has 0 bridgehead atoms. The fraction of sp³-hybridized carbons (Fsp3) is 0.118. The molecule has 0 saturated heterocycles. The summed E-state index contributed by atoms with van der Waals surface area (Å²) < 4.78 is 5.17. The zero-order valence-corrected chi connectivity index (χ0v) is 12.9. The summed E-state index contributed by atoms with van der Waals surface area (Å²) in [5.74, 6) is -0.448. The molecule has 0 fully saturated rings. The van der Waals surface area contributed by atoms with Gasteiger partial charge in [-0.15, -0.1) is 0 Å². The number of benzene rings is 2. The number of carbonyl (C=O) groups is 1. The number of aryl methyl sites for hydroxylation is 1. The lowest BCUT2D eigenvalue weighted by Gasteiger charge is -2.09. The molecule has 0 heterocycles. The first-order valence-electron chi connectivity index (χ1n) is 6.51. The number of halogens is 1. The zero-order valence-electron chi connectivity index (χ0n) is 12.1. The van der Waals surface area contributed by atoms with E-state index in [0.717, 1.165) is 5.56 Å². The molecular formula is C17H15ClO4. The van der Waals surface area contributed by atoms with Crippen LogP contribution in [-0.2, 0) is 4.79 Å². The van der Waals surface area contributed by atoms with Crippen molar-refractivity contribution in [3.8, 4) is 11.5 Å². The van der Waals surface area contributed by atoms with Crippen molar-refractivity contribution in [1.82, 2.24) is 0 Å². The Kier molecular flexibility index (Phi) is 4.73. The molecule has 0 unspecified atom stereocenters. The second-order valence-electron chi connectivity index (χ2n) is 4.75. The first-order chi connectivity index (χ1) is 10.4. The van der Waals surface area contributed by atoms with Crippen LogP contribution in [0.2, 0.25) is 5.02 Å². The van der Waals surface area contributed by atoms with Gasteiger partial charge in [0.15, 0.2) is 0 Å². The van der Waals surface area contributed by atoms with E-state index in [-0.39, 0.29) is 11.3 Å². The summed E-state index contributed by atoms with van der Waals surface area (Å²) in [6.07, 6.45) is 1.39. The van der Waals surface area contributed by atoms with E-state index < -0.39 is 5.97 Å². The van der Waals surface area contributed by atoms with E-state index in [9.17, 15) is 15.0 Å². The molecule has 2 N–H and O–H groups in total. The summed E-state index contributed by atoms with van der Waals surface area (Å²) in [5, 5.41) is 19.7. The van der Waals surface area contributed by atoms with Gasteiger partial charge in [0, 0.05) is 10.6 Å². The fourth-order valence-corrected chi connectivity index (χ4v) is 2.29. The molecule has 0 amide bonds. The second kappa shape index (κ2) is 6.54. The van der Waals surface area contributed by atoms with Crippen LogP contribution in [0.5, 0.6) is 11.5 Å². The van der Waals surface area contributed by atoms with Crippen LogP contribution in [0.4, 0.5) is 0 Å². The van der Waals surface area contributed by atoms with Crippen molar-refractivity contribution in [3.05, 3.63) is 58.1 Å². The SMILES string of the molecule is COc1ccc(/C(=C/c2cc(Cl)ccc2O)C(=O)O)cc1C. The van der Waals surface area contributed by atoms with Gasteiger partial charge in [-0.05, 0) is 54.5 Å². The monoisotopic (exact) mass is 318 g/mol. The Balaban J connectivity index is 2.55. The first kappa shape index (κ1) is 15.9. The van der Waals surface area contributed by atoms with Gasteiger partial charge >= 0.3 is 5.97 Å². The van der Waals surface area contributed by atoms with E-state index in [1.807, 2.05) is 6.92 Å². The number of aliphatic carboxylic acids is 1. The van der Waals surface area contributed by atoms with Crippen molar-refractivity contribution >= 4 is 29.2 Å². The number of methoxy groups -OCH3 is 1. The first-order valence-corrected chi connectivity index (χ1v) is 6.88. The highest BCUT2D eigenvalue weighted by Gasteiger charge is 2.13. The van der Waals surface area contributed by atoms with Gasteiger partial charge in [-0.25, -0.2) is 4.79 Å². The molecule has 2 rings (SSSR count). The van der Waals surface area contributed by atoms with Crippen molar-refractivity contribution in [3.63, 3.8) is 0 Å². The molecule has 0 radical (unpaired) electrons. The largest absolute Gasteiger partial charge is 0.507 e. The predicted molar refractivity (Wildman–Crippen MR) is 86.4 cm³/mol. The Bertz CT molecular complexity index is 750. The molecule has 2 aromatic carbocycles. The molecule has 0 spiro atoms. The number of rotatable bonds is 4. The van der Waals surface area contributed by atoms with Gasteiger partial charge in [-0.1, -0.05) is 17.7 Å². The maximum absolute atomic E-state index is 11.6. The molecule has 114 valence electrons. The van der Waals surface area contributed by atoms with Gasteiger partial charge < -0.3 is 14.9 Å². The van der Waals surface area contributed by atoms with Gasteiger partial charge in [0.05, 0.1) is 12.7 Å². The minimum Gasteiger partial charge on any atom is -0.507 e. The van der Waals surface area contributed by atoms with Crippen LogP contribution in [0.1, 0.15) is 16.7 Å². The molecule has 0 aliphatic heterocycles. The normalized spacial score (nSPS) is 11.3. The Morgan fingerprint density at radius 1 is 1.23 bits per heavy atom. The predicted octanol–water partition coefficient (Wildman–Crippen LogP) is 3.99. The van der Waals surface area contributed by atoms with E-state index in [0.29, 0.717) is 21.9 Å². The third-order valence-corrected chi connectivity index (χ3v) is 3.46. The van der Waals surface area contributed by atoms with Crippen molar-refractivity contribution in [2.45, 2.75) is 6.92 Å². The second-order valence-corrected chi connectivity index (χ2v) is 5.19. The number of phenolic OH excluding ortho intramolecular Hbond substituents is 1. The number of carboxylic acids is 1. The molecular weight excluding hydrogens is 304 g/mol. The van der Waals surface area contributed by atoms with Crippen LogP contribution < -0.4 is 4.74 Å². The lowest BCUT2D eigenvalue weighted by Crippen LogP contribution is -2.00. The van der Waals surface area contributed by atoms with Crippen LogP contribution in [0, 0.1) is 6.92 Å². The quantitative estimate of drug-likeness (QED) is 0.661. The molecule has 0 atom stereocenters. The van der Waals surface area contributed by atoms with Gasteiger partial charge in [-0.2, -0.15) is 0 Å². The fourth-order valence-electron chi connectivity index (χ4n) is 2.11. The average Bonchev–Trinajstić information content (AvgIpc) is 2.47. The average molecular weight is 319 g/mol. The third kappa shape index (κ3) is 3.40. The Labute approximate surface area is 133 Å². The van der Waals surface area contributed by atoms with Gasteiger partial charge in [0.2, 0.25) is 0 Å². The van der Waals surface area contributed by atoms with Gasteiger partial charge in [0.1, 0.15) is 11.5 Å². The Hall–Kier alpha value is -2.46. The maximum atomic E-state index is 11.6. The lowest BCUT2D eigenvalue weighted by atomic mass is 10.0. The number of hydrogen-bond donors (Lipinski definition) is 2. The van der Waals surface area contributed by atoms with Crippen molar-refractivity contribution in [1.29, 1.82) is 0 Å². The Morgan fingerprint density at radius 3 is 2.55 bits per heavy atom. The standard InChI is InChI=1S/C17H15ClO4/c1-10-7-11(3-6-16(10)22-2)14(17(20)21)9-12-8-13(18)4-5-15(12)19/h3-9,19H,1-2H3,(H,20,21)/b14-9-. The van der Waals surface area contributed by atoms with Crippen LogP contribution >= 0.6 is 11.6 Å². The summed E-state index contributed by atoms with van der Waals surface area (Å²) in [5.41, 5.74) is 1.74. The van der Waals surface area contributed by atoms with E-state index in [1.54, 1.807) is 25.3 Å². The summed E-state index contributed by atoms with van der Waals surface area (Å²) >= 11 is 5.89. The highest BCUT2D eigenvalue weighted by Crippen LogP contribution is 2.29. The van der Waals surface area contributed by atoms with Crippen molar-refractivity contribution < 1.29 is 19.7 Å². The summed E-state index contributed by atoms with van der Waals surface area (Å²) in [4.78, 5) is 11.6. The molecule has 22 heavy (non-hydrogen) atoms. The topological polar surface area (TPSA) is 66.8 Å². The molecule has 0 saturated carbocycles. The molecule has 0 aliphatic rings. The minimum atomic E-state index is -1.09. The zero-order chi connectivity index (χ0) is 16.3. The number of aromatic hydroxyl groups is 1. The van der Waals surface area contributed by atoms with Gasteiger partial charge in [-0.3, -0.25) is 0 Å². The minimum absolute atomic E-state index is 0.0339. The number of hydrogen-bond acceptors (Lipinski definition) is 3. The molecule has 4 nitrogen and oxygen atoms in total. The van der Waals surface area contributed by atoms with Crippen LogP contribution in [0.25, 0.3) is 11.6 Å². The number of phenols is 1.